The Kier molecular flexibility index (Phi) is 2.88. The molecule has 0 bridgehead atoms. The summed E-state index contributed by atoms with van der Waals surface area (Å²) in [7, 11) is 0. The number of nitriles is 1. The Hall–Kier alpha value is -2.28. The van der Waals surface area contributed by atoms with E-state index >= 15 is 0 Å². The van der Waals surface area contributed by atoms with Crippen molar-refractivity contribution in [3.63, 3.8) is 0 Å². The van der Waals surface area contributed by atoms with Gasteiger partial charge in [0, 0.05) is 18.0 Å². The van der Waals surface area contributed by atoms with Gasteiger partial charge in [-0.1, -0.05) is 18.2 Å². The summed E-state index contributed by atoms with van der Waals surface area (Å²) in [5.74, 6) is -0.862. The first-order valence-corrected chi connectivity index (χ1v) is 4.74. The molecule has 0 aliphatic heterocycles. The van der Waals surface area contributed by atoms with Crippen molar-refractivity contribution in [2.24, 2.45) is 0 Å². The van der Waals surface area contributed by atoms with E-state index in [-0.39, 0.29) is 0 Å². The summed E-state index contributed by atoms with van der Waals surface area (Å²) in [5.41, 5.74) is 0.302. The third kappa shape index (κ3) is 1.89. The summed E-state index contributed by atoms with van der Waals surface area (Å²) in [4.78, 5) is 7.93. The number of rotatable bonds is 2. The maximum Gasteiger partial charge on any atom is 0.149 e. The minimum absolute atomic E-state index is 0.302. The molecule has 0 amide bonds. The van der Waals surface area contributed by atoms with Gasteiger partial charge in [0.25, 0.3) is 0 Å². The minimum Gasteiger partial charge on any atom is -0.240 e. The zero-order chi connectivity index (χ0) is 11.4. The molecule has 0 saturated carbocycles. The first kappa shape index (κ1) is 10.2. The van der Waals surface area contributed by atoms with Crippen LogP contribution in [0.5, 0.6) is 0 Å². The van der Waals surface area contributed by atoms with Crippen molar-refractivity contribution in [2.75, 3.05) is 0 Å². The lowest BCUT2D eigenvalue weighted by molar-refractivity contribution is 0.606. The lowest BCUT2D eigenvalue weighted by atomic mass is 9.99. The van der Waals surface area contributed by atoms with E-state index < -0.39 is 11.7 Å². The third-order valence-electron chi connectivity index (χ3n) is 2.19. The van der Waals surface area contributed by atoms with Crippen molar-refractivity contribution in [3.8, 4) is 6.07 Å². The van der Waals surface area contributed by atoms with Gasteiger partial charge in [0.15, 0.2) is 0 Å². The summed E-state index contributed by atoms with van der Waals surface area (Å²) < 4.78 is 13.5. The number of nitrogens with zero attached hydrogens (tertiary/aromatic N) is 3. The molecule has 0 saturated heterocycles. The molecule has 2 rings (SSSR count). The number of hydrogen-bond donors (Lipinski definition) is 0. The van der Waals surface area contributed by atoms with Crippen LogP contribution in [0.1, 0.15) is 17.3 Å². The highest BCUT2D eigenvalue weighted by atomic mass is 19.1. The Morgan fingerprint density at radius 1 is 1.12 bits per heavy atom. The van der Waals surface area contributed by atoms with Crippen molar-refractivity contribution >= 4 is 0 Å². The van der Waals surface area contributed by atoms with Gasteiger partial charge in [0.2, 0.25) is 0 Å². The number of aromatic nitrogens is 2. The van der Waals surface area contributed by atoms with Gasteiger partial charge in [0.05, 0.1) is 6.07 Å². The largest absolute Gasteiger partial charge is 0.240 e. The van der Waals surface area contributed by atoms with Gasteiger partial charge in [-0.05, 0) is 12.1 Å². The predicted molar refractivity (Wildman–Crippen MR) is 55.9 cm³/mol. The minimum atomic E-state index is -0.762. The average molecular weight is 213 g/mol. The quantitative estimate of drug-likeness (QED) is 0.768. The SMILES string of the molecule is N#CC(c1ncccn1)c1ccccc1F. The van der Waals surface area contributed by atoms with E-state index in [4.69, 9.17) is 5.26 Å². The van der Waals surface area contributed by atoms with Crippen LogP contribution in [0.25, 0.3) is 0 Å². The van der Waals surface area contributed by atoms with Crippen LogP contribution < -0.4 is 0 Å². The molecule has 1 unspecified atom stereocenters. The van der Waals surface area contributed by atoms with Gasteiger partial charge in [-0.3, -0.25) is 0 Å². The third-order valence-corrected chi connectivity index (χ3v) is 2.19. The molecule has 4 heteroatoms. The second kappa shape index (κ2) is 4.49. The summed E-state index contributed by atoms with van der Waals surface area (Å²) in [6.45, 7) is 0. The highest BCUT2D eigenvalue weighted by Crippen LogP contribution is 2.22. The van der Waals surface area contributed by atoms with E-state index in [1.54, 1.807) is 24.3 Å². The Morgan fingerprint density at radius 2 is 1.81 bits per heavy atom. The molecule has 0 radical (unpaired) electrons. The number of benzene rings is 1. The highest BCUT2D eigenvalue weighted by Gasteiger charge is 2.19. The summed E-state index contributed by atoms with van der Waals surface area (Å²) in [6.07, 6.45) is 3.07. The molecule has 1 atom stereocenters. The van der Waals surface area contributed by atoms with Crippen LogP contribution in [0.4, 0.5) is 4.39 Å². The molecule has 1 aromatic heterocycles. The van der Waals surface area contributed by atoms with Crippen molar-refractivity contribution in [2.45, 2.75) is 5.92 Å². The molecule has 1 heterocycles. The van der Waals surface area contributed by atoms with Gasteiger partial charge in [-0.15, -0.1) is 0 Å². The smallest absolute Gasteiger partial charge is 0.149 e. The van der Waals surface area contributed by atoms with E-state index in [2.05, 4.69) is 9.97 Å². The summed E-state index contributed by atoms with van der Waals surface area (Å²) in [6, 6.07) is 9.82. The first-order chi connectivity index (χ1) is 7.83. The number of hydrogen-bond acceptors (Lipinski definition) is 3. The van der Waals surface area contributed by atoms with Crippen LogP contribution in [0, 0.1) is 17.1 Å². The van der Waals surface area contributed by atoms with Crippen molar-refractivity contribution in [3.05, 3.63) is 59.9 Å². The Bertz CT molecular complexity index is 519. The molecule has 0 aliphatic rings. The molecule has 0 fully saturated rings. The maximum absolute atomic E-state index is 13.5. The van der Waals surface area contributed by atoms with Crippen LogP contribution in [-0.4, -0.2) is 9.97 Å². The lowest BCUT2D eigenvalue weighted by Gasteiger charge is -2.08. The fraction of sp³-hybridized carbons (Fsp3) is 0.0833. The van der Waals surface area contributed by atoms with Crippen LogP contribution >= 0.6 is 0 Å². The zero-order valence-corrected chi connectivity index (χ0v) is 8.34. The second-order valence-electron chi connectivity index (χ2n) is 3.19. The zero-order valence-electron chi connectivity index (χ0n) is 8.34. The van der Waals surface area contributed by atoms with Crippen LogP contribution in [0.3, 0.4) is 0 Å². The van der Waals surface area contributed by atoms with Crippen LogP contribution in [0.2, 0.25) is 0 Å². The predicted octanol–water partition coefficient (Wildman–Crippen LogP) is 2.27. The monoisotopic (exact) mass is 213 g/mol. The van der Waals surface area contributed by atoms with E-state index in [0.29, 0.717) is 11.4 Å². The molecule has 1 aromatic carbocycles. The van der Waals surface area contributed by atoms with E-state index in [0.717, 1.165) is 0 Å². The molecule has 0 N–H and O–H groups in total. The molecular formula is C12H8FN3. The molecule has 2 aromatic rings. The van der Waals surface area contributed by atoms with Crippen molar-refractivity contribution in [1.29, 1.82) is 5.26 Å². The van der Waals surface area contributed by atoms with Gasteiger partial charge in [-0.25, -0.2) is 14.4 Å². The molecule has 3 nitrogen and oxygen atoms in total. The molecule has 0 aliphatic carbocycles. The van der Waals surface area contributed by atoms with Gasteiger partial charge in [-0.2, -0.15) is 5.26 Å². The maximum atomic E-state index is 13.5. The molecule has 78 valence electrons. The lowest BCUT2D eigenvalue weighted by Crippen LogP contribution is -2.05. The first-order valence-electron chi connectivity index (χ1n) is 4.74. The fourth-order valence-electron chi connectivity index (χ4n) is 1.44. The standard InChI is InChI=1S/C12H8FN3/c13-11-5-2-1-4-9(11)10(8-14)12-15-6-3-7-16-12/h1-7,10H. The number of halogens is 1. The molecule has 16 heavy (non-hydrogen) atoms. The van der Waals surface area contributed by atoms with E-state index in [9.17, 15) is 4.39 Å². The average Bonchev–Trinajstić information content (AvgIpc) is 2.34. The fourth-order valence-corrected chi connectivity index (χ4v) is 1.44. The highest BCUT2D eigenvalue weighted by molar-refractivity contribution is 5.32. The van der Waals surface area contributed by atoms with E-state index in [1.165, 1.54) is 18.5 Å². The van der Waals surface area contributed by atoms with Gasteiger partial charge < -0.3 is 0 Å². The molecule has 0 spiro atoms. The topological polar surface area (TPSA) is 49.6 Å². The van der Waals surface area contributed by atoms with Crippen molar-refractivity contribution in [1.82, 2.24) is 9.97 Å². The Morgan fingerprint density at radius 3 is 2.44 bits per heavy atom. The Balaban J connectivity index is 2.47. The second-order valence-corrected chi connectivity index (χ2v) is 3.19. The van der Waals surface area contributed by atoms with Crippen LogP contribution in [0.15, 0.2) is 42.7 Å². The van der Waals surface area contributed by atoms with Crippen LogP contribution in [-0.2, 0) is 0 Å². The van der Waals surface area contributed by atoms with Crippen molar-refractivity contribution < 1.29 is 4.39 Å². The molecular weight excluding hydrogens is 205 g/mol. The normalized spacial score (nSPS) is 11.8. The summed E-state index contributed by atoms with van der Waals surface area (Å²) >= 11 is 0. The summed E-state index contributed by atoms with van der Waals surface area (Å²) in [5, 5.41) is 9.06. The van der Waals surface area contributed by atoms with Gasteiger partial charge in [0.1, 0.15) is 17.6 Å². The Labute approximate surface area is 92.2 Å². The van der Waals surface area contributed by atoms with Gasteiger partial charge >= 0.3 is 0 Å². The van der Waals surface area contributed by atoms with E-state index in [1.807, 2.05) is 6.07 Å².